The van der Waals surface area contributed by atoms with Crippen molar-refractivity contribution in [2.75, 3.05) is 12.3 Å². The largest absolute Gasteiger partial charge is 0.393 e. The minimum Gasteiger partial charge on any atom is -0.393 e. The van der Waals surface area contributed by atoms with Gasteiger partial charge < -0.3 is 5.11 Å². The Kier molecular flexibility index (Phi) is 3.97. The van der Waals surface area contributed by atoms with E-state index in [1.165, 1.54) is 25.1 Å². The van der Waals surface area contributed by atoms with Crippen LogP contribution >= 0.6 is 11.8 Å². The molecule has 0 aromatic heterocycles. The Morgan fingerprint density at radius 1 is 1.13 bits per heavy atom. The lowest BCUT2D eigenvalue weighted by molar-refractivity contribution is 0.0573. The molecule has 1 aliphatic carbocycles. The summed E-state index contributed by atoms with van der Waals surface area (Å²) in [6, 6.07) is 1.45. The van der Waals surface area contributed by atoms with Gasteiger partial charge in [-0.1, -0.05) is 6.92 Å². The summed E-state index contributed by atoms with van der Waals surface area (Å²) in [6.07, 6.45) is 4.39. The van der Waals surface area contributed by atoms with Gasteiger partial charge in [0.1, 0.15) is 0 Å². The van der Waals surface area contributed by atoms with Crippen LogP contribution in [0.25, 0.3) is 0 Å². The van der Waals surface area contributed by atoms with E-state index in [2.05, 4.69) is 30.5 Å². The lowest BCUT2D eigenvalue weighted by atomic mass is 9.91. The van der Waals surface area contributed by atoms with Crippen LogP contribution in [-0.4, -0.2) is 45.7 Å². The van der Waals surface area contributed by atoms with Gasteiger partial charge in [0.2, 0.25) is 0 Å². The molecule has 1 aliphatic heterocycles. The fourth-order valence-corrected chi connectivity index (χ4v) is 3.98. The molecule has 2 rings (SSSR count). The van der Waals surface area contributed by atoms with Gasteiger partial charge in [0.25, 0.3) is 0 Å². The molecule has 15 heavy (non-hydrogen) atoms. The number of hydrogen-bond donors (Lipinski definition) is 1. The average molecular weight is 229 g/mol. The quantitative estimate of drug-likeness (QED) is 0.745. The van der Waals surface area contributed by atoms with Gasteiger partial charge in [-0.15, -0.1) is 0 Å². The van der Waals surface area contributed by atoms with Crippen LogP contribution in [0.1, 0.15) is 39.5 Å². The van der Waals surface area contributed by atoms with Crippen LogP contribution in [0.15, 0.2) is 0 Å². The highest BCUT2D eigenvalue weighted by Gasteiger charge is 2.32. The summed E-state index contributed by atoms with van der Waals surface area (Å²) in [7, 11) is 0. The Morgan fingerprint density at radius 2 is 1.80 bits per heavy atom. The van der Waals surface area contributed by atoms with Gasteiger partial charge in [-0.3, -0.25) is 4.90 Å². The fourth-order valence-electron chi connectivity index (χ4n) is 2.86. The van der Waals surface area contributed by atoms with Crippen molar-refractivity contribution in [3.05, 3.63) is 0 Å². The third kappa shape index (κ3) is 2.69. The standard InChI is InChI=1S/C12H23NOS/c1-9-10(2)15-8-7-13(9)11-3-5-12(14)6-4-11/h9-12,14H,3-8H2,1-2H3. The van der Waals surface area contributed by atoms with Crippen molar-refractivity contribution in [2.24, 2.45) is 0 Å². The summed E-state index contributed by atoms with van der Waals surface area (Å²) in [4.78, 5) is 2.69. The van der Waals surface area contributed by atoms with Gasteiger partial charge in [0.15, 0.2) is 0 Å². The Balaban J connectivity index is 1.91. The monoisotopic (exact) mass is 229 g/mol. The number of hydrogen-bond acceptors (Lipinski definition) is 3. The maximum atomic E-state index is 9.52. The highest BCUT2D eigenvalue weighted by atomic mass is 32.2. The molecular formula is C12H23NOS. The van der Waals surface area contributed by atoms with Crippen molar-refractivity contribution in [3.63, 3.8) is 0 Å². The van der Waals surface area contributed by atoms with E-state index in [-0.39, 0.29) is 6.10 Å². The predicted octanol–water partition coefficient (Wildman–Crippen LogP) is 2.12. The van der Waals surface area contributed by atoms with Gasteiger partial charge in [-0.2, -0.15) is 11.8 Å². The second-order valence-electron chi connectivity index (χ2n) is 5.02. The first-order chi connectivity index (χ1) is 7.18. The SMILES string of the molecule is CC1SCCN(C2CCC(O)CC2)C1C. The summed E-state index contributed by atoms with van der Waals surface area (Å²) in [5.41, 5.74) is 0. The van der Waals surface area contributed by atoms with Gasteiger partial charge in [0, 0.05) is 29.6 Å². The molecule has 0 amide bonds. The van der Waals surface area contributed by atoms with Crippen LogP contribution in [0.2, 0.25) is 0 Å². The molecule has 1 saturated carbocycles. The number of nitrogens with zero attached hydrogens (tertiary/aromatic N) is 1. The smallest absolute Gasteiger partial charge is 0.0541 e. The molecule has 88 valence electrons. The molecule has 0 spiro atoms. The lowest BCUT2D eigenvalue weighted by Gasteiger charge is -2.44. The number of aliphatic hydroxyl groups is 1. The van der Waals surface area contributed by atoms with E-state index in [0.717, 1.165) is 24.1 Å². The number of thioether (sulfide) groups is 1. The number of aliphatic hydroxyl groups excluding tert-OH is 1. The van der Waals surface area contributed by atoms with Gasteiger partial charge in [-0.25, -0.2) is 0 Å². The lowest BCUT2D eigenvalue weighted by Crippen LogP contribution is -2.51. The molecule has 3 heteroatoms. The van der Waals surface area contributed by atoms with Crippen molar-refractivity contribution in [2.45, 2.75) is 63.0 Å². The van der Waals surface area contributed by atoms with Crippen LogP contribution in [0.4, 0.5) is 0 Å². The predicted molar refractivity (Wildman–Crippen MR) is 66.4 cm³/mol. The minimum absolute atomic E-state index is 0.0202. The van der Waals surface area contributed by atoms with Crippen LogP contribution in [-0.2, 0) is 0 Å². The van der Waals surface area contributed by atoms with Crippen molar-refractivity contribution >= 4 is 11.8 Å². The summed E-state index contributed by atoms with van der Waals surface area (Å²) in [5.74, 6) is 1.28. The highest BCUT2D eigenvalue weighted by molar-refractivity contribution is 8.00. The number of rotatable bonds is 1. The van der Waals surface area contributed by atoms with E-state index in [0.29, 0.717) is 6.04 Å². The summed E-state index contributed by atoms with van der Waals surface area (Å²) >= 11 is 2.10. The normalized spacial score (nSPS) is 44.2. The van der Waals surface area contributed by atoms with Crippen LogP contribution in [0.3, 0.4) is 0 Å². The maximum absolute atomic E-state index is 9.52. The van der Waals surface area contributed by atoms with Gasteiger partial charge in [-0.05, 0) is 32.6 Å². The first-order valence-electron chi connectivity index (χ1n) is 6.24. The summed E-state index contributed by atoms with van der Waals surface area (Å²) in [5, 5.41) is 10.3. The third-order valence-electron chi connectivity index (χ3n) is 4.07. The molecule has 2 fully saturated rings. The second kappa shape index (κ2) is 5.07. The summed E-state index contributed by atoms with van der Waals surface area (Å²) in [6.45, 7) is 5.96. The molecular weight excluding hydrogens is 206 g/mol. The molecule has 1 N–H and O–H groups in total. The molecule has 0 radical (unpaired) electrons. The average Bonchev–Trinajstić information content (AvgIpc) is 2.24. The Hall–Kier alpha value is 0.270. The van der Waals surface area contributed by atoms with Crippen molar-refractivity contribution in [3.8, 4) is 0 Å². The zero-order valence-corrected chi connectivity index (χ0v) is 10.7. The van der Waals surface area contributed by atoms with Crippen molar-refractivity contribution < 1.29 is 5.11 Å². The minimum atomic E-state index is -0.0202. The topological polar surface area (TPSA) is 23.5 Å². The van der Waals surface area contributed by atoms with Crippen LogP contribution in [0.5, 0.6) is 0 Å². The Morgan fingerprint density at radius 3 is 2.47 bits per heavy atom. The highest BCUT2D eigenvalue weighted by Crippen LogP contribution is 2.31. The zero-order chi connectivity index (χ0) is 10.8. The van der Waals surface area contributed by atoms with E-state index in [1.54, 1.807) is 0 Å². The van der Waals surface area contributed by atoms with Crippen molar-refractivity contribution in [1.82, 2.24) is 4.90 Å². The maximum Gasteiger partial charge on any atom is 0.0541 e. The fraction of sp³-hybridized carbons (Fsp3) is 1.00. The Labute approximate surface area is 97.4 Å². The molecule has 1 heterocycles. The first kappa shape index (κ1) is 11.7. The molecule has 2 nitrogen and oxygen atoms in total. The molecule has 2 aliphatic rings. The third-order valence-corrected chi connectivity index (χ3v) is 5.41. The van der Waals surface area contributed by atoms with E-state index >= 15 is 0 Å². The Bertz CT molecular complexity index is 204. The van der Waals surface area contributed by atoms with E-state index < -0.39 is 0 Å². The van der Waals surface area contributed by atoms with E-state index in [9.17, 15) is 5.11 Å². The van der Waals surface area contributed by atoms with Crippen LogP contribution < -0.4 is 0 Å². The molecule has 0 bridgehead atoms. The van der Waals surface area contributed by atoms with E-state index in [1.807, 2.05) is 0 Å². The van der Waals surface area contributed by atoms with Gasteiger partial charge in [0.05, 0.1) is 6.10 Å². The van der Waals surface area contributed by atoms with E-state index in [4.69, 9.17) is 0 Å². The molecule has 1 saturated heterocycles. The first-order valence-corrected chi connectivity index (χ1v) is 7.28. The van der Waals surface area contributed by atoms with Gasteiger partial charge >= 0.3 is 0 Å². The molecule has 0 aromatic rings. The molecule has 2 atom stereocenters. The van der Waals surface area contributed by atoms with Crippen molar-refractivity contribution in [1.29, 1.82) is 0 Å². The summed E-state index contributed by atoms with van der Waals surface area (Å²) < 4.78 is 0. The molecule has 2 unspecified atom stereocenters. The second-order valence-corrected chi connectivity index (χ2v) is 6.50. The van der Waals surface area contributed by atoms with Crippen LogP contribution in [0, 0.1) is 0 Å². The zero-order valence-electron chi connectivity index (χ0n) is 9.85. The molecule has 0 aromatic carbocycles.